The largest absolute Gasteiger partial charge is 0.370 e. The first-order chi connectivity index (χ1) is 12.6. The Morgan fingerprint density at radius 3 is 2.62 bits per heavy atom. The fourth-order valence-corrected chi connectivity index (χ4v) is 4.59. The van der Waals surface area contributed by atoms with Crippen LogP contribution in [0.5, 0.6) is 0 Å². The van der Waals surface area contributed by atoms with Gasteiger partial charge in [-0.05, 0) is 61.4 Å². The molecule has 0 aromatic heterocycles. The van der Waals surface area contributed by atoms with E-state index in [1.165, 1.54) is 24.0 Å². The third-order valence-corrected chi connectivity index (χ3v) is 6.43. The number of aliphatic imine (C=N–C) groups is 1. The summed E-state index contributed by atoms with van der Waals surface area (Å²) in [5.74, 6) is 0.398. The van der Waals surface area contributed by atoms with Gasteiger partial charge in [-0.2, -0.15) is 0 Å². The van der Waals surface area contributed by atoms with Crippen LogP contribution in [0.4, 0.5) is 5.69 Å². The van der Waals surface area contributed by atoms with Gasteiger partial charge in [0.05, 0.1) is 10.6 Å². The van der Waals surface area contributed by atoms with Crippen molar-refractivity contribution in [3.8, 4) is 0 Å². The number of nitrogens with zero attached hydrogens (tertiary/aromatic N) is 1. The second-order valence-electron chi connectivity index (χ2n) is 6.53. The van der Waals surface area contributed by atoms with E-state index in [0.717, 1.165) is 18.5 Å². The fourth-order valence-electron chi connectivity index (χ4n) is 3.28. The second kappa shape index (κ2) is 8.36. The Balaban J connectivity index is 1.55. The molecule has 3 rings (SSSR count). The highest BCUT2D eigenvalue weighted by atomic mass is 32.2. The lowest BCUT2D eigenvalue weighted by molar-refractivity contribution is 0.593. The Hall–Kier alpha value is -2.34. The average molecular weight is 372 g/mol. The number of nitrogens with two attached hydrogens (primary N) is 1. The van der Waals surface area contributed by atoms with Crippen molar-refractivity contribution in [3.05, 3.63) is 59.7 Å². The molecule has 3 N–H and O–H groups in total. The topological polar surface area (TPSA) is 84.5 Å². The molecule has 0 heterocycles. The van der Waals surface area contributed by atoms with Gasteiger partial charge in [0.2, 0.25) is 0 Å². The highest BCUT2D eigenvalue weighted by Crippen LogP contribution is 2.27. The van der Waals surface area contributed by atoms with E-state index in [4.69, 9.17) is 5.73 Å². The van der Waals surface area contributed by atoms with E-state index in [1.807, 2.05) is 12.1 Å². The van der Waals surface area contributed by atoms with Crippen LogP contribution in [0, 0.1) is 0 Å². The van der Waals surface area contributed by atoms with Gasteiger partial charge in [0.1, 0.15) is 0 Å². The predicted molar refractivity (Wildman–Crippen MR) is 106 cm³/mol. The molecule has 0 fully saturated rings. The summed E-state index contributed by atoms with van der Waals surface area (Å²) < 4.78 is 24.5. The van der Waals surface area contributed by atoms with E-state index in [1.54, 1.807) is 30.3 Å². The maximum absolute atomic E-state index is 12.2. The van der Waals surface area contributed by atoms with Crippen LogP contribution in [0.2, 0.25) is 0 Å². The number of rotatable bonds is 6. The lowest BCUT2D eigenvalue weighted by Crippen LogP contribution is -2.24. The van der Waals surface area contributed by atoms with Crippen LogP contribution >= 0.6 is 0 Å². The molecule has 2 aromatic carbocycles. The monoisotopic (exact) mass is 371 g/mol. The molecule has 0 radical (unpaired) electrons. The molecular formula is C20H25N3O2S. The van der Waals surface area contributed by atoms with Crippen LogP contribution in [-0.4, -0.2) is 26.7 Å². The number of fused-ring (bicyclic) bond motifs is 1. The molecule has 26 heavy (non-hydrogen) atoms. The molecule has 5 nitrogen and oxygen atoms in total. The second-order valence-corrected chi connectivity index (χ2v) is 8.64. The van der Waals surface area contributed by atoms with Gasteiger partial charge in [-0.1, -0.05) is 30.3 Å². The minimum Gasteiger partial charge on any atom is -0.370 e. The van der Waals surface area contributed by atoms with Crippen LogP contribution in [-0.2, 0) is 22.7 Å². The van der Waals surface area contributed by atoms with E-state index >= 15 is 0 Å². The minimum absolute atomic E-state index is 0.0640. The van der Waals surface area contributed by atoms with Crippen molar-refractivity contribution in [2.45, 2.75) is 37.0 Å². The van der Waals surface area contributed by atoms with Crippen molar-refractivity contribution in [3.63, 3.8) is 0 Å². The van der Waals surface area contributed by atoms with Crippen LogP contribution in [0.1, 0.15) is 30.4 Å². The third kappa shape index (κ3) is 4.64. The highest BCUT2D eigenvalue weighted by Gasteiger charge is 2.14. The molecule has 0 spiro atoms. The van der Waals surface area contributed by atoms with Crippen molar-refractivity contribution in [1.82, 2.24) is 0 Å². The number of benzene rings is 2. The van der Waals surface area contributed by atoms with Crippen molar-refractivity contribution < 1.29 is 8.42 Å². The Labute approximate surface area is 155 Å². The van der Waals surface area contributed by atoms with Crippen LogP contribution in [0.3, 0.4) is 0 Å². The highest BCUT2D eigenvalue weighted by molar-refractivity contribution is 7.91. The molecule has 0 amide bonds. The smallest absolute Gasteiger partial charge is 0.193 e. The first kappa shape index (κ1) is 18.5. The maximum Gasteiger partial charge on any atom is 0.193 e. The summed E-state index contributed by atoms with van der Waals surface area (Å²) in [6.45, 7) is 0.375. The molecule has 0 unspecified atom stereocenters. The van der Waals surface area contributed by atoms with Gasteiger partial charge >= 0.3 is 0 Å². The average Bonchev–Trinajstić information content (AvgIpc) is 2.66. The van der Waals surface area contributed by atoms with Crippen LogP contribution in [0.15, 0.2) is 58.4 Å². The number of aryl methyl sites for hydroxylation is 1. The molecule has 1 aliphatic rings. The van der Waals surface area contributed by atoms with Crippen LogP contribution in [0.25, 0.3) is 0 Å². The van der Waals surface area contributed by atoms with Gasteiger partial charge in [-0.3, -0.25) is 4.99 Å². The predicted octanol–water partition coefficient (Wildman–Crippen LogP) is 3.16. The number of hydrogen-bond acceptors (Lipinski definition) is 3. The molecule has 6 heteroatoms. The summed E-state index contributed by atoms with van der Waals surface area (Å²) in [6.07, 6.45) is 5.03. The van der Waals surface area contributed by atoms with Gasteiger partial charge in [0.25, 0.3) is 0 Å². The van der Waals surface area contributed by atoms with E-state index in [9.17, 15) is 8.42 Å². The summed E-state index contributed by atoms with van der Waals surface area (Å²) in [5, 5.41) is 3.18. The van der Waals surface area contributed by atoms with E-state index in [-0.39, 0.29) is 5.75 Å². The van der Waals surface area contributed by atoms with E-state index < -0.39 is 9.84 Å². The first-order valence-electron chi connectivity index (χ1n) is 9.02. The van der Waals surface area contributed by atoms with Gasteiger partial charge in [0.15, 0.2) is 15.8 Å². The van der Waals surface area contributed by atoms with E-state index in [2.05, 4.69) is 16.4 Å². The Morgan fingerprint density at radius 2 is 1.81 bits per heavy atom. The third-order valence-electron chi connectivity index (χ3n) is 4.61. The van der Waals surface area contributed by atoms with Gasteiger partial charge < -0.3 is 11.1 Å². The molecule has 138 valence electrons. The maximum atomic E-state index is 12.2. The van der Waals surface area contributed by atoms with Crippen molar-refractivity contribution >= 4 is 21.5 Å². The Kier molecular flexibility index (Phi) is 5.93. The number of nitrogens with one attached hydrogen (secondary N) is 1. The van der Waals surface area contributed by atoms with Gasteiger partial charge in [-0.25, -0.2) is 8.42 Å². The normalized spacial score (nSPS) is 14.7. The summed E-state index contributed by atoms with van der Waals surface area (Å²) in [7, 11) is -3.26. The lowest BCUT2D eigenvalue weighted by Gasteiger charge is -2.19. The number of sulfone groups is 1. The molecule has 1 aliphatic carbocycles. The molecular weight excluding hydrogens is 346 g/mol. The zero-order valence-corrected chi connectivity index (χ0v) is 15.6. The van der Waals surface area contributed by atoms with Gasteiger partial charge in [-0.15, -0.1) is 0 Å². The van der Waals surface area contributed by atoms with Gasteiger partial charge in [0, 0.05) is 12.2 Å². The molecule has 0 atom stereocenters. The zero-order valence-electron chi connectivity index (χ0n) is 14.8. The van der Waals surface area contributed by atoms with Crippen LogP contribution < -0.4 is 11.1 Å². The van der Waals surface area contributed by atoms with Crippen molar-refractivity contribution in [2.24, 2.45) is 10.7 Å². The lowest BCUT2D eigenvalue weighted by atomic mass is 9.90. The summed E-state index contributed by atoms with van der Waals surface area (Å²) >= 11 is 0. The Bertz CT molecular complexity index is 877. The first-order valence-corrected chi connectivity index (χ1v) is 10.7. The number of guanidine groups is 1. The molecule has 0 bridgehead atoms. The number of anilines is 1. The molecule has 0 saturated heterocycles. The zero-order chi connectivity index (χ0) is 18.4. The summed E-state index contributed by atoms with van der Waals surface area (Å²) in [4.78, 5) is 4.64. The summed E-state index contributed by atoms with van der Waals surface area (Å²) in [6, 6.07) is 14.7. The van der Waals surface area contributed by atoms with E-state index in [0.29, 0.717) is 23.8 Å². The molecule has 0 aliphatic heterocycles. The molecule has 0 saturated carbocycles. The quantitative estimate of drug-likeness (QED) is 0.464. The number of hydrogen-bond donors (Lipinski definition) is 2. The summed E-state index contributed by atoms with van der Waals surface area (Å²) in [5.41, 5.74) is 9.70. The van der Waals surface area contributed by atoms with Crippen molar-refractivity contribution in [2.75, 3.05) is 17.6 Å². The fraction of sp³-hybridized carbons (Fsp3) is 0.350. The molecule has 2 aromatic rings. The SMILES string of the molecule is NC(=NCCCS(=O)(=O)c1ccccc1)Nc1cccc2c1CCCC2. The standard InChI is InChI=1S/C20H25N3O2S/c21-20(23-19-13-6-9-16-8-4-5-12-18(16)19)22-14-7-15-26(24,25)17-10-2-1-3-11-17/h1-3,6,9-11,13H,4-5,7-8,12,14-15H2,(H3,21,22,23). The Morgan fingerprint density at radius 1 is 1.04 bits per heavy atom. The minimum atomic E-state index is -3.26. The van der Waals surface area contributed by atoms with Crippen molar-refractivity contribution in [1.29, 1.82) is 0 Å².